The molecule has 104 valence electrons. The summed E-state index contributed by atoms with van der Waals surface area (Å²) in [6.45, 7) is 1.91. The van der Waals surface area contributed by atoms with Crippen molar-refractivity contribution in [1.82, 2.24) is 0 Å². The van der Waals surface area contributed by atoms with Crippen LogP contribution in [0, 0.1) is 6.92 Å². The summed E-state index contributed by atoms with van der Waals surface area (Å²) in [6.07, 6.45) is 0. The highest BCUT2D eigenvalue weighted by Crippen LogP contribution is 2.28. The van der Waals surface area contributed by atoms with Gasteiger partial charge in [-0.15, -0.1) is 0 Å². The predicted molar refractivity (Wildman–Crippen MR) is 87.5 cm³/mol. The Morgan fingerprint density at radius 2 is 1.90 bits per heavy atom. The average molecular weight is 399 g/mol. The third kappa shape index (κ3) is 3.41. The molecule has 0 saturated carbocycles. The highest BCUT2D eigenvalue weighted by atomic mass is 79.9. The number of hydrogen-bond acceptors (Lipinski definition) is 2. The Hall–Kier alpha value is -1.33. The van der Waals surface area contributed by atoms with Crippen LogP contribution in [0.5, 0.6) is 5.75 Å². The van der Waals surface area contributed by atoms with Gasteiger partial charge in [-0.25, -0.2) is 0 Å². The van der Waals surface area contributed by atoms with Crippen molar-refractivity contribution in [1.29, 1.82) is 0 Å². The standard InChI is InChI=1S/C15H13Br2NO2/c1-9-3-4-10(16)7-12(9)15(19)18-11-5-6-13(17)14(8-11)20-2/h3-8H,1-2H3,(H,18,19). The number of halogens is 2. The van der Waals surface area contributed by atoms with Crippen LogP contribution in [-0.2, 0) is 0 Å². The van der Waals surface area contributed by atoms with Crippen molar-refractivity contribution in [2.75, 3.05) is 12.4 Å². The largest absolute Gasteiger partial charge is 0.495 e. The van der Waals surface area contributed by atoms with E-state index in [1.165, 1.54) is 0 Å². The highest BCUT2D eigenvalue weighted by Gasteiger charge is 2.11. The van der Waals surface area contributed by atoms with Crippen molar-refractivity contribution in [3.63, 3.8) is 0 Å². The summed E-state index contributed by atoms with van der Waals surface area (Å²) in [5.41, 5.74) is 2.26. The molecule has 5 heteroatoms. The van der Waals surface area contributed by atoms with Gasteiger partial charge in [0.2, 0.25) is 0 Å². The van der Waals surface area contributed by atoms with E-state index in [-0.39, 0.29) is 5.91 Å². The Morgan fingerprint density at radius 1 is 1.15 bits per heavy atom. The lowest BCUT2D eigenvalue weighted by Crippen LogP contribution is -2.13. The van der Waals surface area contributed by atoms with E-state index in [4.69, 9.17) is 4.74 Å². The van der Waals surface area contributed by atoms with E-state index in [0.29, 0.717) is 17.0 Å². The number of amides is 1. The first kappa shape index (κ1) is 15.1. The van der Waals surface area contributed by atoms with Crippen molar-refractivity contribution in [3.05, 3.63) is 56.5 Å². The highest BCUT2D eigenvalue weighted by molar-refractivity contribution is 9.10. The van der Waals surface area contributed by atoms with Crippen molar-refractivity contribution < 1.29 is 9.53 Å². The number of carbonyl (C=O) groups excluding carboxylic acids is 1. The second-order valence-corrected chi connectivity index (χ2v) is 6.03. The second kappa shape index (κ2) is 6.41. The maximum atomic E-state index is 12.3. The zero-order chi connectivity index (χ0) is 14.7. The molecule has 2 aromatic carbocycles. The van der Waals surface area contributed by atoms with Crippen molar-refractivity contribution in [3.8, 4) is 5.75 Å². The molecule has 0 aromatic heterocycles. The number of anilines is 1. The Morgan fingerprint density at radius 3 is 2.60 bits per heavy atom. The van der Waals surface area contributed by atoms with E-state index in [2.05, 4.69) is 37.2 Å². The Labute approximate surface area is 134 Å². The van der Waals surface area contributed by atoms with Gasteiger partial charge in [0.05, 0.1) is 11.6 Å². The first-order valence-corrected chi connectivity index (χ1v) is 7.51. The van der Waals surface area contributed by atoms with Gasteiger partial charge in [-0.05, 0) is 52.7 Å². The van der Waals surface area contributed by atoms with E-state index in [0.717, 1.165) is 14.5 Å². The molecule has 3 nitrogen and oxygen atoms in total. The van der Waals surface area contributed by atoms with Gasteiger partial charge in [-0.2, -0.15) is 0 Å². The Balaban J connectivity index is 2.25. The zero-order valence-corrected chi connectivity index (χ0v) is 14.2. The summed E-state index contributed by atoms with van der Waals surface area (Å²) in [5.74, 6) is 0.530. The number of methoxy groups -OCH3 is 1. The minimum absolute atomic E-state index is 0.145. The number of nitrogens with one attached hydrogen (secondary N) is 1. The molecule has 0 aliphatic rings. The predicted octanol–water partition coefficient (Wildman–Crippen LogP) is 4.78. The lowest BCUT2D eigenvalue weighted by atomic mass is 10.1. The number of ether oxygens (including phenoxy) is 1. The minimum Gasteiger partial charge on any atom is -0.495 e. The van der Waals surface area contributed by atoms with E-state index in [9.17, 15) is 4.79 Å². The van der Waals surface area contributed by atoms with Crippen LogP contribution in [0.4, 0.5) is 5.69 Å². The SMILES string of the molecule is COc1cc(NC(=O)c2cc(Br)ccc2C)ccc1Br. The summed E-state index contributed by atoms with van der Waals surface area (Å²) in [6, 6.07) is 11.0. The third-order valence-electron chi connectivity index (χ3n) is 2.85. The van der Waals surface area contributed by atoms with Gasteiger partial charge in [0.15, 0.2) is 0 Å². The molecule has 0 spiro atoms. The van der Waals surface area contributed by atoms with Crippen LogP contribution in [0.25, 0.3) is 0 Å². The molecule has 0 fully saturated rings. The number of hydrogen-bond donors (Lipinski definition) is 1. The fourth-order valence-electron chi connectivity index (χ4n) is 1.77. The molecule has 0 aliphatic heterocycles. The fraction of sp³-hybridized carbons (Fsp3) is 0.133. The Kier molecular flexibility index (Phi) is 4.83. The van der Waals surface area contributed by atoms with E-state index in [1.807, 2.05) is 31.2 Å². The maximum absolute atomic E-state index is 12.3. The fourth-order valence-corrected chi connectivity index (χ4v) is 2.54. The molecule has 0 heterocycles. The monoisotopic (exact) mass is 397 g/mol. The number of aryl methyl sites for hydroxylation is 1. The van der Waals surface area contributed by atoms with Crippen molar-refractivity contribution in [2.24, 2.45) is 0 Å². The number of rotatable bonds is 3. The molecule has 0 saturated heterocycles. The van der Waals surface area contributed by atoms with Gasteiger partial charge in [0.1, 0.15) is 5.75 Å². The molecule has 2 aromatic rings. The van der Waals surface area contributed by atoms with Gasteiger partial charge >= 0.3 is 0 Å². The first-order chi connectivity index (χ1) is 9.51. The number of carbonyl (C=O) groups is 1. The molecule has 0 bridgehead atoms. The molecule has 20 heavy (non-hydrogen) atoms. The summed E-state index contributed by atoms with van der Waals surface area (Å²) < 4.78 is 6.93. The Bertz CT molecular complexity index is 656. The van der Waals surface area contributed by atoms with Gasteiger partial charge < -0.3 is 10.1 Å². The third-order valence-corrected chi connectivity index (χ3v) is 4.00. The van der Waals surface area contributed by atoms with E-state index in [1.54, 1.807) is 19.2 Å². The van der Waals surface area contributed by atoms with Crippen LogP contribution in [0.15, 0.2) is 45.3 Å². The van der Waals surface area contributed by atoms with Gasteiger partial charge in [-0.3, -0.25) is 4.79 Å². The smallest absolute Gasteiger partial charge is 0.255 e. The van der Waals surface area contributed by atoms with Crippen molar-refractivity contribution in [2.45, 2.75) is 6.92 Å². The van der Waals surface area contributed by atoms with Gasteiger partial charge in [0.25, 0.3) is 5.91 Å². The summed E-state index contributed by atoms with van der Waals surface area (Å²) >= 11 is 6.76. The second-order valence-electron chi connectivity index (χ2n) is 4.26. The topological polar surface area (TPSA) is 38.3 Å². The van der Waals surface area contributed by atoms with Crippen LogP contribution in [0.2, 0.25) is 0 Å². The molecule has 1 N–H and O–H groups in total. The lowest BCUT2D eigenvalue weighted by Gasteiger charge is -2.10. The molecule has 0 radical (unpaired) electrons. The molecule has 0 aliphatic carbocycles. The number of benzene rings is 2. The summed E-state index contributed by atoms with van der Waals surface area (Å²) in [5, 5.41) is 2.87. The average Bonchev–Trinajstić information content (AvgIpc) is 2.43. The van der Waals surface area contributed by atoms with Crippen LogP contribution in [0.1, 0.15) is 15.9 Å². The lowest BCUT2D eigenvalue weighted by molar-refractivity contribution is 0.102. The van der Waals surface area contributed by atoms with Gasteiger partial charge in [0, 0.05) is 21.8 Å². The van der Waals surface area contributed by atoms with Crippen LogP contribution in [-0.4, -0.2) is 13.0 Å². The normalized spacial score (nSPS) is 10.2. The maximum Gasteiger partial charge on any atom is 0.255 e. The van der Waals surface area contributed by atoms with Gasteiger partial charge in [-0.1, -0.05) is 22.0 Å². The molecular formula is C15H13Br2NO2. The molecule has 0 atom stereocenters. The summed E-state index contributed by atoms with van der Waals surface area (Å²) in [7, 11) is 1.59. The van der Waals surface area contributed by atoms with E-state index < -0.39 is 0 Å². The van der Waals surface area contributed by atoms with Crippen LogP contribution < -0.4 is 10.1 Å². The van der Waals surface area contributed by atoms with Crippen molar-refractivity contribution >= 4 is 43.5 Å². The quantitative estimate of drug-likeness (QED) is 0.807. The van der Waals surface area contributed by atoms with Crippen LogP contribution in [0.3, 0.4) is 0 Å². The zero-order valence-electron chi connectivity index (χ0n) is 11.0. The van der Waals surface area contributed by atoms with Crippen LogP contribution >= 0.6 is 31.9 Å². The minimum atomic E-state index is -0.145. The summed E-state index contributed by atoms with van der Waals surface area (Å²) in [4.78, 5) is 12.3. The molecule has 0 unspecified atom stereocenters. The molecule has 2 rings (SSSR count). The van der Waals surface area contributed by atoms with E-state index >= 15 is 0 Å². The molecular weight excluding hydrogens is 386 g/mol. The molecule has 1 amide bonds. The first-order valence-electron chi connectivity index (χ1n) is 5.92.